The molecule has 0 bridgehead atoms. The van der Waals surface area contributed by atoms with E-state index in [4.69, 9.17) is 9.15 Å². The number of ether oxygens (including phenoxy) is 1. The van der Waals surface area contributed by atoms with Gasteiger partial charge in [-0.1, -0.05) is 12.1 Å². The Morgan fingerprint density at radius 2 is 2.18 bits per heavy atom. The van der Waals surface area contributed by atoms with Gasteiger partial charge in [-0.3, -0.25) is 0 Å². The van der Waals surface area contributed by atoms with Crippen molar-refractivity contribution in [3.05, 3.63) is 41.7 Å². The summed E-state index contributed by atoms with van der Waals surface area (Å²) in [5.74, 6) is 2.81. The highest BCUT2D eigenvalue weighted by Gasteiger charge is 2.18. The van der Waals surface area contributed by atoms with Gasteiger partial charge in [0.2, 0.25) is 0 Å². The van der Waals surface area contributed by atoms with Crippen molar-refractivity contribution in [3.63, 3.8) is 0 Å². The van der Waals surface area contributed by atoms with Crippen LogP contribution in [0.25, 0.3) is 11.3 Å². The third-order valence-corrected chi connectivity index (χ3v) is 2.99. The van der Waals surface area contributed by atoms with E-state index < -0.39 is 0 Å². The minimum atomic E-state index is 0.746. The van der Waals surface area contributed by atoms with Crippen LogP contribution in [0.15, 0.2) is 34.7 Å². The number of hydrogen-bond acceptors (Lipinski definition) is 3. The van der Waals surface area contributed by atoms with Gasteiger partial charge in [0.25, 0.3) is 0 Å². The molecule has 0 unspecified atom stereocenters. The third-order valence-electron chi connectivity index (χ3n) is 2.99. The molecule has 0 amide bonds. The molecule has 2 aromatic rings. The van der Waals surface area contributed by atoms with Gasteiger partial charge in [-0.25, -0.2) is 0 Å². The first-order chi connectivity index (χ1) is 8.38. The Kier molecular flexibility index (Phi) is 2.61. The lowest BCUT2D eigenvalue weighted by atomic mass is 10.1. The summed E-state index contributed by atoms with van der Waals surface area (Å²) in [6.07, 6.45) is 0.993. The number of nitrogens with one attached hydrogen (secondary N) is 1. The minimum Gasteiger partial charge on any atom is -0.492 e. The fourth-order valence-electron chi connectivity index (χ4n) is 2.20. The maximum atomic E-state index is 5.79. The summed E-state index contributed by atoms with van der Waals surface area (Å²) < 4.78 is 11.5. The van der Waals surface area contributed by atoms with Crippen molar-refractivity contribution in [3.8, 4) is 17.1 Å². The van der Waals surface area contributed by atoms with Crippen LogP contribution in [0.2, 0.25) is 0 Å². The summed E-state index contributed by atoms with van der Waals surface area (Å²) in [7, 11) is 1.91. The van der Waals surface area contributed by atoms with Crippen LogP contribution < -0.4 is 10.1 Å². The van der Waals surface area contributed by atoms with Crippen molar-refractivity contribution in [2.75, 3.05) is 13.7 Å². The normalized spacial score (nSPS) is 13.5. The molecule has 0 aliphatic carbocycles. The molecule has 0 radical (unpaired) electrons. The maximum absolute atomic E-state index is 5.79. The molecule has 1 aromatic heterocycles. The monoisotopic (exact) mass is 229 g/mol. The van der Waals surface area contributed by atoms with Gasteiger partial charge in [-0.2, -0.15) is 0 Å². The van der Waals surface area contributed by atoms with E-state index in [9.17, 15) is 0 Å². The summed E-state index contributed by atoms with van der Waals surface area (Å²) in [6, 6.07) is 10.2. The fourth-order valence-corrected chi connectivity index (χ4v) is 2.20. The molecule has 0 fully saturated rings. The lowest BCUT2D eigenvalue weighted by molar-refractivity contribution is 0.357. The molecule has 3 rings (SSSR count). The van der Waals surface area contributed by atoms with Crippen LogP contribution in [0, 0.1) is 0 Å². The minimum absolute atomic E-state index is 0.746. The van der Waals surface area contributed by atoms with E-state index in [-0.39, 0.29) is 0 Å². The van der Waals surface area contributed by atoms with Gasteiger partial charge in [0.05, 0.1) is 18.7 Å². The van der Waals surface area contributed by atoms with Gasteiger partial charge in [0.15, 0.2) is 0 Å². The highest BCUT2D eigenvalue weighted by molar-refractivity contribution is 5.69. The van der Waals surface area contributed by atoms with Gasteiger partial charge in [0, 0.05) is 6.42 Å². The third kappa shape index (κ3) is 1.83. The van der Waals surface area contributed by atoms with E-state index in [2.05, 4.69) is 17.4 Å². The van der Waals surface area contributed by atoms with Crippen LogP contribution in [0.4, 0.5) is 0 Å². The van der Waals surface area contributed by atoms with E-state index >= 15 is 0 Å². The average Bonchev–Trinajstić information content (AvgIpc) is 2.96. The van der Waals surface area contributed by atoms with E-state index in [1.807, 2.05) is 25.2 Å². The first kappa shape index (κ1) is 10.4. The average molecular weight is 229 g/mol. The standard InChI is InChI=1S/C14H15NO2/c1-15-9-11-5-6-13(17-11)12-4-2-3-10-7-8-16-14(10)12/h2-6,15H,7-9H2,1H3. The lowest BCUT2D eigenvalue weighted by Gasteiger charge is -2.05. The molecule has 2 heterocycles. The topological polar surface area (TPSA) is 34.4 Å². The van der Waals surface area contributed by atoms with E-state index in [0.29, 0.717) is 0 Å². The van der Waals surface area contributed by atoms with E-state index in [1.165, 1.54) is 5.56 Å². The van der Waals surface area contributed by atoms with Gasteiger partial charge in [-0.05, 0) is 30.8 Å². The van der Waals surface area contributed by atoms with E-state index in [0.717, 1.165) is 42.4 Å². The smallest absolute Gasteiger partial charge is 0.138 e. The van der Waals surface area contributed by atoms with Crippen LogP contribution in [0.5, 0.6) is 5.75 Å². The molecule has 0 spiro atoms. The zero-order valence-electron chi connectivity index (χ0n) is 9.82. The zero-order valence-corrected chi connectivity index (χ0v) is 9.82. The van der Waals surface area contributed by atoms with Crippen LogP contribution >= 0.6 is 0 Å². The largest absolute Gasteiger partial charge is 0.492 e. The van der Waals surface area contributed by atoms with Crippen molar-refractivity contribution in [1.29, 1.82) is 0 Å². The number of furan rings is 1. The molecule has 3 nitrogen and oxygen atoms in total. The molecule has 0 saturated carbocycles. The maximum Gasteiger partial charge on any atom is 0.138 e. The van der Waals surface area contributed by atoms with Crippen molar-refractivity contribution in [2.24, 2.45) is 0 Å². The summed E-state index contributed by atoms with van der Waals surface area (Å²) in [6.45, 7) is 1.52. The molecule has 0 atom stereocenters. The number of rotatable bonds is 3. The van der Waals surface area contributed by atoms with Crippen molar-refractivity contribution in [2.45, 2.75) is 13.0 Å². The number of para-hydroxylation sites is 1. The first-order valence-electron chi connectivity index (χ1n) is 5.87. The first-order valence-corrected chi connectivity index (χ1v) is 5.87. The number of benzene rings is 1. The zero-order chi connectivity index (χ0) is 11.7. The Balaban J connectivity index is 2.00. The highest BCUT2D eigenvalue weighted by Crippen LogP contribution is 2.37. The van der Waals surface area contributed by atoms with Crippen LogP contribution in [0.3, 0.4) is 0 Å². The molecule has 0 saturated heterocycles. The predicted molar refractivity (Wildman–Crippen MR) is 66.1 cm³/mol. The Labute approximate surface area is 100 Å². The fraction of sp³-hybridized carbons (Fsp3) is 0.286. The van der Waals surface area contributed by atoms with Crippen molar-refractivity contribution in [1.82, 2.24) is 5.32 Å². The molecule has 1 N–H and O–H groups in total. The Morgan fingerprint density at radius 3 is 3.06 bits per heavy atom. The SMILES string of the molecule is CNCc1ccc(-c2cccc3c2OCC3)o1. The second-order valence-corrected chi connectivity index (χ2v) is 4.19. The van der Waals surface area contributed by atoms with Crippen LogP contribution in [-0.4, -0.2) is 13.7 Å². The van der Waals surface area contributed by atoms with Gasteiger partial charge < -0.3 is 14.5 Å². The second kappa shape index (κ2) is 4.26. The second-order valence-electron chi connectivity index (χ2n) is 4.19. The molecule has 1 aromatic carbocycles. The van der Waals surface area contributed by atoms with Crippen molar-refractivity contribution < 1.29 is 9.15 Å². The summed E-state index contributed by atoms with van der Waals surface area (Å²) in [4.78, 5) is 0. The molecule has 88 valence electrons. The van der Waals surface area contributed by atoms with Crippen LogP contribution in [-0.2, 0) is 13.0 Å². The van der Waals surface area contributed by atoms with Crippen LogP contribution in [0.1, 0.15) is 11.3 Å². The van der Waals surface area contributed by atoms with Gasteiger partial charge in [0.1, 0.15) is 17.3 Å². The van der Waals surface area contributed by atoms with Gasteiger partial charge >= 0.3 is 0 Å². The number of fused-ring (bicyclic) bond motifs is 1. The number of hydrogen-bond donors (Lipinski definition) is 1. The molecular formula is C14H15NO2. The van der Waals surface area contributed by atoms with Crippen molar-refractivity contribution >= 4 is 0 Å². The summed E-state index contributed by atoms with van der Waals surface area (Å²) in [5, 5.41) is 3.08. The Morgan fingerprint density at radius 1 is 1.24 bits per heavy atom. The highest BCUT2D eigenvalue weighted by atomic mass is 16.5. The Hall–Kier alpha value is -1.74. The molecule has 3 heteroatoms. The molecular weight excluding hydrogens is 214 g/mol. The molecule has 1 aliphatic rings. The van der Waals surface area contributed by atoms with Gasteiger partial charge in [-0.15, -0.1) is 0 Å². The quantitative estimate of drug-likeness (QED) is 0.878. The molecule has 1 aliphatic heterocycles. The Bertz CT molecular complexity index is 531. The lowest BCUT2D eigenvalue weighted by Crippen LogP contribution is -2.03. The summed E-state index contributed by atoms with van der Waals surface area (Å²) in [5.41, 5.74) is 2.33. The van der Waals surface area contributed by atoms with E-state index in [1.54, 1.807) is 0 Å². The summed E-state index contributed by atoms with van der Waals surface area (Å²) >= 11 is 0. The molecule has 17 heavy (non-hydrogen) atoms. The predicted octanol–water partition coefficient (Wildman–Crippen LogP) is 2.60.